The van der Waals surface area contributed by atoms with Crippen molar-refractivity contribution in [2.24, 2.45) is 0 Å². The van der Waals surface area contributed by atoms with E-state index in [4.69, 9.17) is 4.74 Å². The Labute approximate surface area is 130 Å². The summed E-state index contributed by atoms with van der Waals surface area (Å²) in [6.07, 6.45) is 2.33. The molecule has 1 spiro atoms. The molecular formula is C17H18ClNO2. The number of nitrogens with one attached hydrogen (secondary N) is 1. The summed E-state index contributed by atoms with van der Waals surface area (Å²) in [6.45, 7) is 1.85. The van der Waals surface area contributed by atoms with Gasteiger partial charge in [-0.15, -0.1) is 12.4 Å². The first-order valence-electron chi connectivity index (χ1n) is 7.22. The van der Waals surface area contributed by atoms with Gasteiger partial charge in [0.15, 0.2) is 5.78 Å². The third-order valence-electron chi connectivity index (χ3n) is 4.49. The molecule has 0 atom stereocenters. The van der Waals surface area contributed by atoms with Crippen molar-refractivity contribution in [3.8, 4) is 5.75 Å². The fraction of sp³-hybridized carbons (Fsp3) is 0.353. The van der Waals surface area contributed by atoms with Gasteiger partial charge in [0.25, 0.3) is 0 Å². The molecule has 0 radical (unpaired) electrons. The standard InChI is InChI=1S/C17H17NO2.ClH/c19-14-11-17(7-9-18-10-8-17)20-15-6-5-12-3-1-2-4-13(12)16(14)15;/h1-6,18H,7-11H2;1H. The molecule has 3 nitrogen and oxygen atoms in total. The zero-order valence-electron chi connectivity index (χ0n) is 11.7. The van der Waals surface area contributed by atoms with E-state index < -0.39 is 0 Å². The second kappa shape index (κ2) is 5.32. The lowest BCUT2D eigenvalue weighted by molar-refractivity contribution is 0.0191. The molecule has 110 valence electrons. The Balaban J connectivity index is 0.00000132. The molecular weight excluding hydrogens is 286 g/mol. The molecule has 0 aliphatic carbocycles. The average molecular weight is 304 g/mol. The third-order valence-corrected chi connectivity index (χ3v) is 4.49. The first-order chi connectivity index (χ1) is 9.77. The van der Waals surface area contributed by atoms with Crippen LogP contribution in [-0.2, 0) is 0 Å². The number of piperidine rings is 1. The predicted octanol–water partition coefficient (Wildman–Crippen LogP) is 3.35. The van der Waals surface area contributed by atoms with Crippen molar-refractivity contribution >= 4 is 29.0 Å². The van der Waals surface area contributed by atoms with E-state index in [2.05, 4.69) is 5.32 Å². The number of fused-ring (bicyclic) bond motifs is 3. The number of Topliss-reactive ketones (excluding diaryl/α,β-unsaturated/α-hetero) is 1. The van der Waals surface area contributed by atoms with E-state index in [0.29, 0.717) is 6.42 Å². The summed E-state index contributed by atoms with van der Waals surface area (Å²) in [5, 5.41) is 5.45. The maximum Gasteiger partial charge on any atom is 0.171 e. The Morgan fingerprint density at radius 3 is 2.62 bits per heavy atom. The van der Waals surface area contributed by atoms with Gasteiger partial charge < -0.3 is 10.1 Å². The van der Waals surface area contributed by atoms with Crippen molar-refractivity contribution < 1.29 is 9.53 Å². The summed E-state index contributed by atoms with van der Waals surface area (Å²) >= 11 is 0. The largest absolute Gasteiger partial charge is 0.486 e. The van der Waals surface area contributed by atoms with Crippen molar-refractivity contribution in [3.05, 3.63) is 42.0 Å². The molecule has 4 rings (SSSR count). The Morgan fingerprint density at radius 2 is 1.81 bits per heavy atom. The van der Waals surface area contributed by atoms with Crippen LogP contribution in [0.1, 0.15) is 29.6 Å². The normalized spacial score (nSPS) is 19.7. The summed E-state index contributed by atoms with van der Waals surface area (Å²) in [5.41, 5.74) is 0.491. The van der Waals surface area contributed by atoms with Gasteiger partial charge >= 0.3 is 0 Å². The number of carbonyl (C=O) groups is 1. The van der Waals surface area contributed by atoms with Crippen LogP contribution in [0, 0.1) is 0 Å². The first kappa shape index (κ1) is 14.4. The van der Waals surface area contributed by atoms with E-state index in [1.54, 1.807) is 0 Å². The minimum absolute atomic E-state index is 0. The van der Waals surface area contributed by atoms with Gasteiger partial charge in [-0.3, -0.25) is 4.79 Å². The Bertz CT molecular complexity index is 692. The summed E-state index contributed by atoms with van der Waals surface area (Å²) in [5.74, 6) is 0.992. The van der Waals surface area contributed by atoms with Crippen LogP contribution in [0.3, 0.4) is 0 Å². The van der Waals surface area contributed by atoms with Gasteiger partial charge in [0, 0.05) is 12.8 Å². The van der Waals surface area contributed by atoms with E-state index in [0.717, 1.165) is 48.0 Å². The summed E-state index contributed by atoms with van der Waals surface area (Å²) in [4.78, 5) is 12.7. The van der Waals surface area contributed by atoms with Crippen molar-refractivity contribution in [3.63, 3.8) is 0 Å². The highest BCUT2D eigenvalue weighted by molar-refractivity contribution is 6.11. The number of ketones is 1. The van der Waals surface area contributed by atoms with Gasteiger partial charge in [-0.25, -0.2) is 0 Å². The molecule has 2 aromatic carbocycles. The molecule has 0 saturated carbocycles. The molecule has 4 heteroatoms. The molecule has 2 aliphatic rings. The van der Waals surface area contributed by atoms with Crippen LogP contribution in [0.5, 0.6) is 5.75 Å². The summed E-state index contributed by atoms with van der Waals surface area (Å²) in [7, 11) is 0. The zero-order chi connectivity index (χ0) is 13.6. The second-order valence-electron chi connectivity index (χ2n) is 5.79. The van der Waals surface area contributed by atoms with Crippen LogP contribution in [-0.4, -0.2) is 24.5 Å². The monoisotopic (exact) mass is 303 g/mol. The fourth-order valence-corrected chi connectivity index (χ4v) is 3.44. The molecule has 0 unspecified atom stereocenters. The highest BCUT2D eigenvalue weighted by atomic mass is 35.5. The number of hydrogen-bond acceptors (Lipinski definition) is 3. The quantitative estimate of drug-likeness (QED) is 0.811. The van der Waals surface area contributed by atoms with E-state index >= 15 is 0 Å². The number of ether oxygens (including phenoxy) is 1. The Hall–Kier alpha value is -1.58. The van der Waals surface area contributed by atoms with Crippen molar-refractivity contribution in [2.45, 2.75) is 24.9 Å². The maximum atomic E-state index is 12.7. The van der Waals surface area contributed by atoms with Crippen LogP contribution in [0.4, 0.5) is 0 Å². The third kappa shape index (κ3) is 2.30. The first-order valence-corrected chi connectivity index (χ1v) is 7.22. The topological polar surface area (TPSA) is 38.3 Å². The minimum atomic E-state index is -0.280. The molecule has 1 N–H and O–H groups in total. The van der Waals surface area contributed by atoms with Crippen LogP contribution in [0.2, 0.25) is 0 Å². The number of hydrogen-bond donors (Lipinski definition) is 1. The maximum absolute atomic E-state index is 12.7. The Morgan fingerprint density at radius 1 is 1.05 bits per heavy atom. The van der Waals surface area contributed by atoms with E-state index in [9.17, 15) is 4.79 Å². The summed E-state index contributed by atoms with van der Waals surface area (Å²) < 4.78 is 6.28. The molecule has 0 bridgehead atoms. The van der Waals surface area contributed by atoms with Crippen LogP contribution in [0.15, 0.2) is 36.4 Å². The molecule has 0 aromatic heterocycles. The highest BCUT2D eigenvalue weighted by Gasteiger charge is 2.41. The second-order valence-corrected chi connectivity index (χ2v) is 5.79. The van der Waals surface area contributed by atoms with E-state index in [1.807, 2.05) is 36.4 Å². The van der Waals surface area contributed by atoms with Gasteiger partial charge in [0.05, 0.1) is 12.0 Å². The van der Waals surface area contributed by atoms with Crippen molar-refractivity contribution in [1.82, 2.24) is 5.32 Å². The molecule has 1 saturated heterocycles. The number of benzene rings is 2. The molecule has 2 aromatic rings. The van der Waals surface area contributed by atoms with Gasteiger partial charge in [-0.1, -0.05) is 30.3 Å². The van der Waals surface area contributed by atoms with Crippen LogP contribution >= 0.6 is 12.4 Å². The number of halogens is 1. The lowest BCUT2D eigenvalue weighted by Crippen LogP contribution is -2.49. The van der Waals surface area contributed by atoms with E-state index in [-0.39, 0.29) is 23.8 Å². The molecule has 0 amide bonds. The van der Waals surface area contributed by atoms with Crippen LogP contribution in [0.25, 0.3) is 10.8 Å². The van der Waals surface area contributed by atoms with Crippen molar-refractivity contribution in [2.75, 3.05) is 13.1 Å². The van der Waals surface area contributed by atoms with E-state index in [1.165, 1.54) is 0 Å². The SMILES string of the molecule is Cl.O=C1CC2(CCNCC2)Oc2ccc3ccccc3c21. The predicted molar refractivity (Wildman–Crippen MR) is 85.6 cm³/mol. The average Bonchev–Trinajstić information content (AvgIpc) is 2.47. The van der Waals surface area contributed by atoms with Gasteiger partial charge in [-0.05, 0) is 29.9 Å². The lowest BCUT2D eigenvalue weighted by Gasteiger charge is -2.41. The lowest BCUT2D eigenvalue weighted by atomic mass is 9.82. The van der Waals surface area contributed by atoms with Crippen molar-refractivity contribution in [1.29, 1.82) is 0 Å². The molecule has 2 aliphatic heterocycles. The Kier molecular flexibility index (Phi) is 3.64. The molecule has 21 heavy (non-hydrogen) atoms. The number of carbonyl (C=O) groups excluding carboxylic acids is 1. The zero-order valence-corrected chi connectivity index (χ0v) is 12.5. The summed E-state index contributed by atoms with van der Waals surface area (Å²) in [6, 6.07) is 12.0. The fourth-order valence-electron chi connectivity index (χ4n) is 3.44. The minimum Gasteiger partial charge on any atom is -0.486 e. The van der Waals surface area contributed by atoms with Gasteiger partial charge in [-0.2, -0.15) is 0 Å². The molecule has 1 fully saturated rings. The van der Waals surface area contributed by atoms with Gasteiger partial charge in [0.2, 0.25) is 0 Å². The number of rotatable bonds is 0. The molecule has 2 heterocycles. The highest BCUT2D eigenvalue weighted by Crippen LogP contribution is 2.40. The smallest absolute Gasteiger partial charge is 0.171 e. The van der Waals surface area contributed by atoms with Gasteiger partial charge in [0.1, 0.15) is 11.4 Å². The van der Waals surface area contributed by atoms with Crippen LogP contribution < -0.4 is 10.1 Å².